The van der Waals surface area contributed by atoms with Crippen LogP contribution in [0.4, 0.5) is 0 Å². The Morgan fingerprint density at radius 1 is 1.29 bits per heavy atom. The maximum absolute atomic E-state index is 11.5. The largest absolute Gasteiger partial charge is 0.423 e. The van der Waals surface area contributed by atoms with Gasteiger partial charge < -0.3 is 4.42 Å². The highest BCUT2D eigenvalue weighted by Gasteiger charge is 2.10. The third-order valence-corrected chi connectivity index (χ3v) is 2.49. The smallest absolute Gasteiger partial charge is 0.347 e. The molecule has 0 aliphatic heterocycles. The minimum atomic E-state index is -0.521. The van der Waals surface area contributed by atoms with Gasteiger partial charge in [-0.25, -0.2) is 4.79 Å². The number of Topliss-reactive ketones (excluding diaryl/α,β-unsaturated/α-hetero) is 1. The molecule has 0 spiro atoms. The van der Waals surface area contributed by atoms with E-state index >= 15 is 0 Å². The molecule has 92 valence electrons. The lowest BCUT2D eigenvalue weighted by Gasteiger charge is -2.00. The van der Waals surface area contributed by atoms with Gasteiger partial charge in [-0.05, 0) is 25.0 Å². The summed E-state index contributed by atoms with van der Waals surface area (Å²) in [5.41, 5.74) is 0.244. The van der Waals surface area contributed by atoms with E-state index < -0.39 is 5.63 Å². The first-order valence-electron chi connectivity index (χ1n) is 6.10. The first-order chi connectivity index (χ1) is 8.22. The van der Waals surface area contributed by atoms with E-state index in [0.29, 0.717) is 11.8 Å². The molecule has 17 heavy (non-hydrogen) atoms. The van der Waals surface area contributed by atoms with Crippen molar-refractivity contribution in [2.24, 2.45) is 0 Å². The van der Waals surface area contributed by atoms with Crippen LogP contribution in [0.3, 0.4) is 0 Å². The molecule has 0 fully saturated rings. The summed E-state index contributed by atoms with van der Waals surface area (Å²) in [6.07, 6.45) is 6.02. The summed E-state index contributed by atoms with van der Waals surface area (Å²) in [6, 6.07) is 1.64. The molecule has 1 aliphatic carbocycles. The lowest BCUT2D eigenvalue weighted by molar-refractivity contribution is 0.0983. The van der Waals surface area contributed by atoms with E-state index in [2.05, 4.69) is 0 Å². The highest BCUT2D eigenvalue weighted by molar-refractivity contribution is 5.95. The van der Waals surface area contributed by atoms with Crippen LogP contribution in [0.5, 0.6) is 0 Å². The van der Waals surface area contributed by atoms with Crippen LogP contribution in [-0.4, -0.2) is 5.78 Å². The van der Waals surface area contributed by atoms with Gasteiger partial charge in [-0.3, -0.25) is 4.79 Å². The lowest BCUT2D eigenvalue weighted by atomic mass is 10.1. The summed E-state index contributed by atoms with van der Waals surface area (Å²) in [5.74, 6) is -0.162. The second-order valence-electron chi connectivity index (χ2n) is 3.53. The van der Waals surface area contributed by atoms with E-state index in [1.807, 2.05) is 26.0 Å². The van der Waals surface area contributed by atoms with Crippen molar-refractivity contribution >= 4 is 17.9 Å². The Morgan fingerprint density at radius 2 is 1.94 bits per heavy atom. The van der Waals surface area contributed by atoms with Crippen molar-refractivity contribution in [3.8, 4) is 0 Å². The van der Waals surface area contributed by atoms with Crippen molar-refractivity contribution in [2.45, 2.75) is 40.0 Å². The zero-order valence-corrected chi connectivity index (χ0v) is 10.6. The van der Waals surface area contributed by atoms with Crippen LogP contribution in [0.1, 0.15) is 50.4 Å². The molecule has 0 bridgehead atoms. The van der Waals surface area contributed by atoms with Gasteiger partial charge in [0.05, 0.1) is 0 Å². The predicted molar refractivity (Wildman–Crippen MR) is 68.4 cm³/mol. The van der Waals surface area contributed by atoms with E-state index in [0.717, 1.165) is 18.1 Å². The second kappa shape index (κ2) is 6.18. The van der Waals surface area contributed by atoms with Gasteiger partial charge in [0, 0.05) is 11.6 Å². The van der Waals surface area contributed by atoms with Crippen molar-refractivity contribution in [3.05, 3.63) is 32.7 Å². The molecule has 1 aromatic heterocycles. The van der Waals surface area contributed by atoms with E-state index in [9.17, 15) is 9.59 Å². The molecule has 0 radical (unpaired) electrons. The first-order valence-corrected chi connectivity index (χ1v) is 6.10. The molecule has 1 aromatic rings. The minimum Gasteiger partial charge on any atom is -0.423 e. The summed E-state index contributed by atoms with van der Waals surface area (Å²) in [4.78, 5) is 22.9. The average Bonchev–Trinajstić information content (AvgIpc) is 2.39. The Balaban J connectivity index is 0.000000686. The third-order valence-electron chi connectivity index (χ3n) is 2.49. The van der Waals surface area contributed by atoms with Gasteiger partial charge in [0.1, 0.15) is 11.0 Å². The number of fused-ring (bicyclic) bond motifs is 1. The molecule has 0 atom stereocenters. The molecule has 3 heteroatoms. The number of carbonyl (C=O) groups excluding carboxylic acids is 1. The molecule has 1 heterocycles. The summed E-state index contributed by atoms with van der Waals surface area (Å²) in [6.45, 7) is 5.73. The molecule has 0 amide bonds. The van der Waals surface area contributed by atoms with Crippen molar-refractivity contribution < 1.29 is 9.21 Å². The molecule has 0 N–H and O–H groups in total. The van der Waals surface area contributed by atoms with Gasteiger partial charge in [-0.2, -0.15) is 0 Å². The van der Waals surface area contributed by atoms with Crippen LogP contribution in [0, 0.1) is 0 Å². The molecular formula is C14H18O3. The molecule has 0 aromatic carbocycles. The maximum atomic E-state index is 11.5. The van der Waals surface area contributed by atoms with Crippen LogP contribution in [-0.2, 0) is 0 Å². The zero-order valence-electron chi connectivity index (χ0n) is 10.6. The van der Waals surface area contributed by atoms with E-state index in [1.165, 1.54) is 0 Å². The number of hydrogen-bond acceptors (Lipinski definition) is 3. The summed E-state index contributed by atoms with van der Waals surface area (Å²) >= 11 is 0. The van der Waals surface area contributed by atoms with Crippen LogP contribution in [0.15, 0.2) is 15.3 Å². The Labute approximate surface area is 100 Å². The van der Waals surface area contributed by atoms with Crippen LogP contribution >= 0.6 is 0 Å². The zero-order chi connectivity index (χ0) is 12.8. The standard InChI is InChI=1S/C12H12O3.C2H6/c1-2-10(13)9-7-8-5-3-4-6-11(8)15-12(9)14;1-2/h5-7H,2-4H2,1H3;1-2H3. The Morgan fingerprint density at radius 3 is 2.59 bits per heavy atom. The van der Waals surface area contributed by atoms with Gasteiger partial charge in [0.15, 0.2) is 5.78 Å². The molecule has 1 aliphatic rings. The average molecular weight is 234 g/mol. The highest BCUT2D eigenvalue weighted by Crippen LogP contribution is 1.97. The molecule has 0 unspecified atom stereocenters. The number of carbonyl (C=O) groups is 1. The predicted octanol–water partition coefficient (Wildman–Crippen LogP) is 1.61. The molecule has 0 saturated carbocycles. The maximum Gasteiger partial charge on any atom is 0.347 e. The molecule has 2 rings (SSSR count). The fraction of sp³-hybridized carbons (Fsp3) is 0.429. The van der Waals surface area contributed by atoms with Crippen LogP contribution in [0.25, 0.3) is 12.2 Å². The van der Waals surface area contributed by atoms with Crippen LogP contribution in [0.2, 0.25) is 0 Å². The van der Waals surface area contributed by atoms with Gasteiger partial charge >= 0.3 is 5.63 Å². The lowest BCUT2D eigenvalue weighted by Crippen LogP contribution is -2.33. The fourth-order valence-corrected chi connectivity index (χ4v) is 1.66. The topological polar surface area (TPSA) is 47.3 Å². The molecule has 3 nitrogen and oxygen atoms in total. The highest BCUT2D eigenvalue weighted by atomic mass is 16.4. The second-order valence-corrected chi connectivity index (χ2v) is 3.53. The van der Waals surface area contributed by atoms with E-state index in [-0.39, 0.29) is 11.3 Å². The van der Waals surface area contributed by atoms with Gasteiger partial charge in [-0.1, -0.05) is 26.8 Å². The SMILES string of the molecule is CC.CCC(=O)c1cc2c(oc1=O)=CCCC=2. The van der Waals surface area contributed by atoms with Gasteiger partial charge in [0.25, 0.3) is 0 Å². The molecular weight excluding hydrogens is 216 g/mol. The quantitative estimate of drug-likeness (QED) is 0.730. The Hall–Kier alpha value is -1.64. The summed E-state index contributed by atoms with van der Waals surface area (Å²) in [7, 11) is 0. The number of hydrogen-bond donors (Lipinski definition) is 0. The van der Waals surface area contributed by atoms with Crippen LogP contribution < -0.4 is 16.3 Å². The Kier molecular flexibility index (Phi) is 4.88. The number of ketones is 1. The first kappa shape index (κ1) is 13.4. The fourth-order valence-electron chi connectivity index (χ4n) is 1.66. The summed E-state index contributed by atoms with van der Waals surface area (Å²) < 4.78 is 5.09. The van der Waals surface area contributed by atoms with Gasteiger partial charge in [-0.15, -0.1) is 0 Å². The monoisotopic (exact) mass is 234 g/mol. The third kappa shape index (κ3) is 2.93. The van der Waals surface area contributed by atoms with E-state index in [1.54, 1.807) is 13.0 Å². The van der Waals surface area contributed by atoms with Crippen molar-refractivity contribution in [1.82, 2.24) is 0 Å². The van der Waals surface area contributed by atoms with Crippen molar-refractivity contribution in [1.29, 1.82) is 0 Å². The van der Waals surface area contributed by atoms with Crippen molar-refractivity contribution in [3.63, 3.8) is 0 Å². The van der Waals surface area contributed by atoms with E-state index in [4.69, 9.17) is 4.42 Å². The number of rotatable bonds is 2. The molecule has 0 saturated heterocycles. The van der Waals surface area contributed by atoms with Crippen molar-refractivity contribution in [2.75, 3.05) is 0 Å². The Bertz CT molecular complexity index is 564. The summed E-state index contributed by atoms with van der Waals surface area (Å²) in [5, 5.41) is 0.859. The van der Waals surface area contributed by atoms with Gasteiger partial charge in [0.2, 0.25) is 0 Å². The normalized spacial score (nSPS) is 12.4. The minimum absolute atomic E-state index is 0.162.